The lowest BCUT2D eigenvalue weighted by molar-refractivity contribution is -0.122. The van der Waals surface area contributed by atoms with Gasteiger partial charge in [-0.05, 0) is 31.5 Å². The summed E-state index contributed by atoms with van der Waals surface area (Å²) in [6.07, 6.45) is 0.405. The number of benzene rings is 1. The van der Waals surface area contributed by atoms with E-state index in [0.29, 0.717) is 16.7 Å². The van der Waals surface area contributed by atoms with Crippen LogP contribution in [0.1, 0.15) is 19.4 Å². The number of carbonyl (C=O) groups is 1. The largest absolute Gasteiger partial charge is 0.371 e. The SMILES string of the molecule is CC(C)(NC(=O)Cc1ccc(Cl)c(Cl)c1)C1CO1. The summed E-state index contributed by atoms with van der Waals surface area (Å²) >= 11 is 11.7. The quantitative estimate of drug-likeness (QED) is 0.866. The lowest BCUT2D eigenvalue weighted by Crippen LogP contribution is -2.48. The second-order valence-corrected chi connectivity index (χ2v) is 5.83. The van der Waals surface area contributed by atoms with Gasteiger partial charge in [-0.1, -0.05) is 29.3 Å². The fourth-order valence-electron chi connectivity index (χ4n) is 1.78. The van der Waals surface area contributed by atoms with Crippen LogP contribution in [0, 0.1) is 0 Å². The van der Waals surface area contributed by atoms with Crippen molar-refractivity contribution < 1.29 is 9.53 Å². The molecule has 1 aliphatic heterocycles. The normalized spacial score (nSPS) is 18.6. The molecular formula is C13H15Cl2NO2. The molecule has 1 fully saturated rings. The van der Waals surface area contributed by atoms with Crippen molar-refractivity contribution in [3.8, 4) is 0 Å². The number of hydrogen-bond acceptors (Lipinski definition) is 2. The molecule has 0 radical (unpaired) electrons. The fraction of sp³-hybridized carbons (Fsp3) is 0.462. The third-order valence-corrected chi connectivity index (χ3v) is 3.69. The molecule has 1 saturated heterocycles. The minimum atomic E-state index is -0.326. The fourth-order valence-corrected chi connectivity index (χ4v) is 2.10. The third kappa shape index (κ3) is 3.37. The van der Waals surface area contributed by atoms with E-state index in [9.17, 15) is 4.79 Å². The maximum atomic E-state index is 11.9. The third-order valence-electron chi connectivity index (χ3n) is 2.95. The predicted octanol–water partition coefficient (Wildman–Crippen LogP) is 2.83. The number of halogens is 2. The number of carbonyl (C=O) groups excluding carboxylic acids is 1. The van der Waals surface area contributed by atoms with Crippen molar-refractivity contribution in [2.45, 2.75) is 31.9 Å². The highest BCUT2D eigenvalue weighted by Crippen LogP contribution is 2.25. The summed E-state index contributed by atoms with van der Waals surface area (Å²) in [4.78, 5) is 11.9. The number of epoxide rings is 1. The molecule has 1 atom stereocenters. The molecule has 3 nitrogen and oxygen atoms in total. The Kier molecular flexibility index (Phi) is 3.85. The molecule has 1 aromatic rings. The molecule has 98 valence electrons. The van der Waals surface area contributed by atoms with Crippen LogP contribution in [0.15, 0.2) is 18.2 Å². The van der Waals surface area contributed by atoms with Gasteiger partial charge in [0.25, 0.3) is 0 Å². The number of amides is 1. The van der Waals surface area contributed by atoms with Crippen molar-refractivity contribution >= 4 is 29.1 Å². The first-order chi connectivity index (χ1) is 8.38. The van der Waals surface area contributed by atoms with Crippen LogP contribution in [-0.4, -0.2) is 24.2 Å². The van der Waals surface area contributed by atoms with E-state index in [4.69, 9.17) is 27.9 Å². The smallest absolute Gasteiger partial charge is 0.224 e. The van der Waals surface area contributed by atoms with Gasteiger partial charge in [0.1, 0.15) is 6.10 Å². The number of hydrogen-bond donors (Lipinski definition) is 1. The van der Waals surface area contributed by atoms with Gasteiger partial charge < -0.3 is 10.1 Å². The van der Waals surface area contributed by atoms with Gasteiger partial charge in [0, 0.05) is 0 Å². The summed E-state index contributed by atoms with van der Waals surface area (Å²) in [5.74, 6) is -0.0473. The maximum Gasteiger partial charge on any atom is 0.224 e. The van der Waals surface area contributed by atoms with E-state index in [-0.39, 0.29) is 24.0 Å². The van der Waals surface area contributed by atoms with E-state index in [0.717, 1.165) is 5.56 Å². The van der Waals surface area contributed by atoms with Gasteiger partial charge in [-0.25, -0.2) is 0 Å². The lowest BCUT2D eigenvalue weighted by Gasteiger charge is -2.24. The molecular weight excluding hydrogens is 273 g/mol. The van der Waals surface area contributed by atoms with Gasteiger partial charge in [-0.2, -0.15) is 0 Å². The first-order valence-corrected chi connectivity index (χ1v) is 6.50. The van der Waals surface area contributed by atoms with E-state index in [2.05, 4.69) is 5.32 Å². The van der Waals surface area contributed by atoms with Crippen LogP contribution in [0.2, 0.25) is 10.0 Å². The lowest BCUT2D eigenvalue weighted by atomic mass is 10.0. The Bertz CT molecular complexity index is 470. The van der Waals surface area contributed by atoms with Gasteiger partial charge in [-0.3, -0.25) is 4.79 Å². The van der Waals surface area contributed by atoms with E-state index in [1.54, 1.807) is 18.2 Å². The van der Waals surface area contributed by atoms with Crippen molar-refractivity contribution in [3.63, 3.8) is 0 Å². The maximum absolute atomic E-state index is 11.9. The zero-order chi connectivity index (χ0) is 13.3. The molecule has 2 rings (SSSR count). The average Bonchev–Trinajstić information content (AvgIpc) is 3.06. The first kappa shape index (κ1) is 13.7. The Morgan fingerprint density at radius 3 is 2.67 bits per heavy atom. The van der Waals surface area contributed by atoms with Gasteiger partial charge >= 0.3 is 0 Å². The summed E-state index contributed by atoms with van der Waals surface area (Å²) in [7, 11) is 0. The van der Waals surface area contributed by atoms with Crippen LogP contribution in [0.3, 0.4) is 0 Å². The zero-order valence-electron chi connectivity index (χ0n) is 10.3. The molecule has 1 N–H and O–H groups in total. The topological polar surface area (TPSA) is 41.6 Å². The molecule has 1 aromatic carbocycles. The summed E-state index contributed by atoms with van der Waals surface area (Å²) in [5, 5.41) is 3.92. The van der Waals surface area contributed by atoms with Crippen LogP contribution in [0.4, 0.5) is 0 Å². The molecule has 0 spiro atoms. The second kappa shape index (κ2) is 5.08. The van der Waals surface area contributed by atoms with Crippen molar-refractivity contribution in [1.29, 1.82) is 0 Å². The Labute approximate surface area is 116 Å². The minimum absolute atomic E-state index is 0.0473. The van der Waals surface area contributed by atoms with Crippen LogP contribution in [0.5, 0.6) is 0 Å². The van der Waals surface area contributed by atoms with Gasteiger partial charge in [0.2, 0.25) is 5.91 Å². The van der Waals surface area contributed by atoms with E-state index < -0.39 is 0 Å². The highest BCUT2D eigenvalue weighted by atomic mass is 35.5. The van der Waals surface area contributed by atoms with Gasteiger partial charge in [-0.15, -0.1) is 0 Å². The number of nitrogens with one attached hydrogen (secondary N) is 1. The molecule has 1 heterocycles. The first-order valence-electron chi connectivity index (χ1n) is 5.75. The monoisotopic (exact) mass is 287 g/mol. The van der Waals surface area contributed by atoms with E-state index in [1.165, 1.54) is 0 Å². The van der Waals surface area contributed by atoms with Crippen LogP contribution >= 0.6 is 23.2 Å². The van der Waals surface area contributed by atoms with Crippen molar-refractivity contribution in [2.24, 2.45) is 0 Å². The average molecular weight is 288 g/mol. The van der Waals surface area contributed by atoms with Crippen molar-refractivity contribution in [3.05, 3.63) is 33.8 Å². The van der Waals surface area contributed by atoms with E-state index >= 15 is 0 Å². The number of ether oxygens (including phenoxy) is 1. The van der Waals surface area contributed by atoms with Gasteiger partial charge in [0.05, 0.1) is 28.6 Å². The molecule has 1 aliphatic rings. The summed E-state index contributed by atoms with van der Waals surface area (Å²) in [6.45, 7) is 4.62. The summed E-state index contributed by atoms with van der Waals surface area (Å²) in [5.41, 5.74) is 0.516. The summed E-state index contributed by atoms with van der Waals surface area (Å²) < 4.78 is 5.21. The molecule has 18 heavy (non-hydrogen) atoms. The molecule has 1 unspecified atom stereocenters. The zero-order valence-corrected chi connectivity index (χ0v) is 11.8. The molecule has 0 aromatic heterocycles. The van der Waals surface area contributed by atoms with Crippen molar-refractivity contribution in [2.75, 3.05) is 6.61 Å². The van der Waals surface area contributed by atoms with Gasteiger partial charge in [0.15, 0.2) is 0 Å². The molecule has 1 amide bonds. The Morgan fingerprint density at radius 2 is 2.11 bits per heavy atom. The molecule has 0 saturated carbocycles. The number of rotatable bonds is 4. The molecule has 5 heteroatoms. The van der Waals surface area contributed by atoms with Crippen LogP contribution in [0.25, 0.3) is 0 Å². The molecule has 0 bridgehead atoms. The van der Waals surface area contributed by atoms with Crippen LogP contribution < -0.4 is 5.32 Å². The van der Waals surface area contributed by atoms with Crippen LogP contribution in [-0.2, 0) is 16.0 Å². The highest BCUT2D eigenvalue weighted by Gasteiger charge is 2.40. The highest BCUT2D eigenvalue weighted by molar-refractivity contribution is 6.42. The Morgan fingerprint density at radius 1 is 1.44 bits per heavy atom. The minimum Gasteiger partial charge on any atom is -0.371 e. The van der Waals surface area contributed by atoms with Crippen molar-refractivity contribution in [1.82, 2.24) is 5.32 Å². The predicted molar refractivity (Wildman–Crippen MR) is 72.1 cm³/mol. The second-order valence-electron chi connectivity index (χ2n) is 5.02. The molecule has 0 aliphatic carbocycles. The standard InChI is InChI=1S/C13H15Cl2NO2/c1-13(2,11-7-18-11)16-12(17)6-8-3-4-9(14)10(15)5-8/h3-5,11H,6-7H2,1-2H3,(H,16,17). The Balaban J connectivity index is 1.96. The Hall–Kier alpha value is -0.770. The summed E-state index contributed by atoms with van der Waals surface area (Å²) in [6, 6.07) is 5.21. The van der Waals surface area contributed by atoms with E-state index in [1.807, 2.05) is 13.8 Å².